The summed E-state index contributed by atoms with van der Waals surface area (Å²) in [4.78, 5) is 24.6. The predicted octanol–water partition coefficient (Wildman–Crippen LogP) is 1.20. The fourth-order valence-corrected chi connectivity index (χ4v) is 2.08. The molecule has 1 fully saturated rings. The average molecular weight is 292 g/mol. The summed E-state index contributed by atoms with van der Waals surface area (Å²) in [6, 6.07) is 7.46. The maximum atomic E-state index is 11.8. The molecule has 1 aliphatic rings. The minimum Gasteiger partial charge on any atom is -0.494 e. The average Bonchev–Trinajstić information content (AvgIpc) is 2.87. The topological polar surface area (TPSA) is 67.9 Å². The van der Waals surface area contributed by atoms with Gasteiger partial charge in [0.25, 0.3) is 0 Å². The van der Waals surface area contributed by atoms with Gasteiger partial charge in [0.05, 0.1) is 19.6 Å². The highest BCUT2D eigenvalue weighted by molar-refractivity contribution is 5.78. The normalized spacial score (nSPS) is 14.0. The zero-order valence-corrected chi connectivity index (χ0v) is 12.1. The van der Waals surface area contributed by atoms with E-state index in [1.807, 2.05) is 31.2 Å². The number of hydrogen-bond donors (Lipinski definition) is 1. The SMILES string of the molecule is CCOc1ccc(CC(=O)NCCN2CCOC2=O)cc1. The molecule has 1 aliphatic heterocycles. The van der Waals surface area contributed by atoms with E-state index in [0.717, 1.165) is 11.3 Å². The largest absolute Gasteiger partial charge is 0.494 e. The van der Waals surface area contributed by atoms with Gasteiger partial charge >= 0.3 is 6.09 Å². The van der Waals surface area contributed by atoms with Crippen LogP contribution in [0.25, 0.3) is 0 Å². The Hall–Kier alpha value is -2.24. The van der Waals surface area contributed by atoms with Crippen LogP contribution in [-0.4, -0.2) is 49.7 Å². The number of nitrogens with one attached hydrogen (secondary N) is 1. The Bertz CT molecular complexity index is 487. The molecule has 114 valence electrons. The number of cyclic esters (lactones) is 1. The number of hydrogen-bond acceptors (Lipinski definition) is 4. The lowest BCUT2D eigenvalue weighted by molar-refractivity contribution is -0.120. The second-order valence-electron chi connectivity index (χ2n) is 4.71. The third-order valence-corrected chi connectivity index (χ3v) is 3.15. The van der Waals surface area contributed by atoms with Gasteiger partial charge in [-0.25, -0.2) is 4.79 Å². The Labute approximate surface area is 124 Å². The number of ether oxygens (including phenoxy) is 2. The minimum atomic E-state index is -0.309. The van der Waals surface area contributed by atoms with Crippen LogP contribution in [0.5, 0.6) is 5.75 Å². The van der Waals surface area contributed by atoms with Crippen LogP contribution in [0.2, 0.25) is 0 Å². The molecule has 1 aromatic rings. The van der Waals surface area contributed by atoms with Crippen LogP contribution in [0.4, 0.5) is 4.79 Å². The number of carbonyl (C=O) groups is 2. The van der Waals surface area contributed by atoms with Crippen LogP contribution >= 0.6 is 0 Å². The second kappa shape index (κ2) is 7.52. The first-order valence-corrected chi connectivity index (χ1v) is 7.09. The molecule has 0 saturated carbocycles. The third kappa shape index (κ3) is 4.66. The molecule has 0 radical (unpaired) electrons. The van der Waals surface area contributed by atoms with E-state index in [1.54, 1.807) is 4.90 Å². The maximum absolute atomic E-state index is 11.8. The summed E-state index contributed by atoms with van der Waals surface area (Å²) < 4.78 is 10.2. The molecular formula is C15H20N2O4. The van der Waals surface area contributed by atoms with Crippen molar-refractivity contribution in [2.24, 2.45) is 0 Å². The lowest BCUT2D eigenvalue weighted by Crippen LogP contribution is -2.36. The molecule has 21 heavy (non-hydrogen) atoms. The van der Waals surface area contributed by atoms with Crippen LogP contribution < -0.4 is 10.1 Å². The molecule has 1 aromatic carbocycles. The van der Waals surface area contributed by atoms with Gasteiger partial charge in [0, 0.05) is 13.1 Å². The number of benzene rings is 1. The van der Waals surface area contributed by atoms with Crippen molar-refractivity contribution in [3.63, 3.8) is 0 Å². The zero-order chi connectivity index (χ0) is 15.1. The van der Waals surface area contributed by atoms with Crippen molar-refractivity contribution in [1.82, 2.24) is 10.2 Å². The van der Waals surface area contributed by atoms with Crippen LogP contribution in [0, 0.1) is 0 Å². The molecule has 1 heterocycles. The monoisotopic (exact) mass is 292 g/mol. The second-order valence-corrected chi connectivity index (χ2v) is 4.71. The van der Waals surface area contributed by atoms with Gasteiger partial charge in [-0.05, 0) is 24.6 Å². The highest BCUT2D eigenvalue weighted by Crippen LogP contribution is 2.12. The van der Waals surface area contributed by atoms with E-state index < -0.39 is 0 Å². The molecule has 0 spiro atoms. The quantitative estimate of drug-likeness (QED) is 0.820. The Balaban J connectivity index is 1.70. The predicted molar refractivity (Wildman–Crippen MR) is 77.2 cm³/mol. The standard InChI is InChI=1S/C15H20N2O4/c1-2-20-13-5-3-12(4-6-13)11-14(18)16-7-8-17-9-10-21-15(17)19/h3-6H,2,7-11H2,1H3,(H,16,18). The molecule has 6 nitrogen and oxygen atoms in total. The summed E-state index contributed by atoms with van der Waals surface area (Å²) in [7, 11) is 0. The van der Waals surface area contributed by atoms with Gasteiger partial charge in [0.15, 0.2) is 0 Å². The van der Waals surface area contributed by atoms with Crippen molar-refractivity contribution >= 4 is 12.0 Å². The summed E-state index contributed by atoms with van der Waals surface area (Å²) in [5.74, 6) is 0.737. The van der Waals surface area contributed by atoms with Gasteiger partial charge in [-0.2, -0.15) is 0 Å². The van der Waals surface area contributed by atoms with Crippen molar-refractivity contribution in [1.29, 1.82) is 0 Å². The van der Waals surface area contributed by atoms with Crippen molar-refractivity contribution in [3.8, 4) is 5.75 Å². The molecule has 6 heteroatoms. The van der Waals surface area contributed by atoms with E-state index in [-0.39, 0.29) is 12.0 Å². The van der Waals surface area contributed by atoms with E-state index in [0.29, 0.717) is 39.3 Å². The number of rotatable bonds is 7. The molecule has 1 saturated heterocycles. The highest BCUT2D eigenvalue weighted by atomic mass is 16.6. The van der Waals surface area contributed by atoms with Gasteiger partial charge in [-0.1, -0.05) is 12.1 Å². The number of nitrogens with zero attached hydrogens (tertiary/aromatic N) is 1. The number of carbonyl (C=O) groups excluding carboxylic acids is 2. The molecule has 1 N–H and O–H groups in total. The fourth-order valence-electron chi connectivity index (χ4n) is 2.08. The molecule has 0 atom stereocenters. The lowest BCUT2D eigenvalue weighted by atomic mass is 10.1. The van der Waals surface area contributed by atoms with E-state index in [9.17, 15) is 9.59 Å². The van der Waals surface area contributed by atoms with Gasteiger partial charge in [-0.15, -0.1) is 0 Å². The first-order valence-electron chi connectivity index (χ1n) is 7.09. The molecule has 0 unspecified atom stereocenters. The Morgan fingerprint density at radius 2 is 2.14 bits per heavy atom. The van der Waals surface area contributed by atoms with Crippen molar-refractivity contribution in [2.45, 2.75) is 13.3 Å². The zero-order valence-electron chi connectivity index (χ0n) is 12.1. The van der Waals surface area contributed by atoms with E-state index in [2.05, 4.69) is 5.32 Å². The highest BCUT2D eigenvalue weighted by Gasteiger charge is 2.21. The summed E-state index contributed by atoms with van der Waals surface area (Å²) in [6.07, 6.45) is 0.00684. The van der Waals surface area contributed by atoms with E-state index in [4.69, 9.17) is 9.47 Å². The van der Waals surface area contributed by atoms with Gasteiger partial charge in [0.1, 0.15) is 12.4 Å². The fraction of sp³-hybridized carbons (Fsp3) is 0.467. The van der Waals surface area contributed by atoms with Crippen LogP contribution in [-0.2, 0) is 16.0 Å². The first kappa shape index (κ1) is 15.2. The van der Waals surface area contributed by atoms with Crippen LogP contribution in [0.15, 0.2) is 24.3 Å². The lowest BCUT2D eigenvalue weighted by Gasteiger charge is -2.13. The van der Waals surface area contributed by atoms with Crippen molar-refractivity contribution in [3.05, 3.63) is 29.8 Å². The summed E-state index contributed by atoms with van der Waals surface area (Å²) in [5.41, 5.74) is 0.927. The maximum Gasteiger partial charge on any atom is 0.409 e. The summed E-state index contributed by atoms with van der Waals surface area (Å²) >= 11 is 0. The molecule has 0 bridgehead atoms. The third-order valence-electron chi connectivity index (χ3n) is 3.15. The molecule has 2 amide bonds. The van der Waals surface area contributed by atoms with E-state index in [1.165, 1.54) is 0 Å². The summed E-state index contributed by atoms with van der Waals surface area (Å²) in [5, 5.41) is 2.80. The van der Waals surface area contributed by atoms with Gasteiger partial charge in [-0.3, -0.25) is 4.79 Å². The van der Waals surface area contributed by atoms with Crippen LogP contribution in [0.1, 0.15) is 12.5 Å². The Kier molecular flexibility index (Phi) is 5.43. The first-order chi connectivity index (χ1) is 10.2. The van der Waals surface area contributed by atoms with E-state index >= 15 is 0 Å². The number of amides is 2. The van der Waals surface area contributed by atoms with Gasteiger partial charge < -0.3 is 19.7 Å². The van der Waals surface area contributed by atoms with Crippen molar-refractivity contribution < 1.29 is 19.1 Å². The Morgan fingerprint density at radius 3 is 2.76 bits per heavy atom. The smallest absolute Gasteiger partial charge is 0.409 e. The molecule has 0 aromatic heterocycles. The van der Waals surface area contributed by atoms with Crippen LogP contribution in [0.3, 0.4) is 0 Å². The molecular weight excluding hydrogens is 272 g/mol. The molecule has 0 aliphatic carbocycles. The van der Waals surface area contributed by atoms with Crippen molar-refractivity contribution in [2.75, 3.05) is 32.8 Å². The molecule has 2 rings (SSSR count). The van der Waals surface area contributed by atoms with Gasteiger partial charge in [0.2, 0.25) is 5.91 Å². The minimum absolute atomic E-state index is 0.0632. The Morgan fingerprint density at radius 1 is 1.38 bits per heavy atom. The summed E-state index contributed by atoms with van der Waals surface area (Å²) in [6.45, 7) is 4.49.